The van der Waals surface area contributed by atoms with Crippen LogP contribution in [0.15, 0.2) is 42.7 Å². The summed E-state index contributed by atoms with van der Waals surface area (Å²) in [4.78, 5) is 22.4. The molecule has 0 unspecified atom stereocenters. The molecule has 1 amide bonds. The molecule has 0 aliphatic carbocycles. The molecule has 31 heavy (non-hydrogen) atoms. The van der Waals surface area contributed by atoms with E-state index in [1.165, 1.54) is 15.6 Å². The number of hydrogen-bond acceptors (Lipinski definition) is 5. The fourth-order valence-corrected chi connectivity index (χ4v) is 2.89. The van der Waals surface area contributed by atoms with E-state index in [0.717, 1.165) is 17.8 Å². The summed E-state index contributed by atoms with van der Waals surface area (Å²) in [6.07, 6.45) is -1.58. The van der Waals surface area contributed by atoms with Gasteiger partial charge in [-0.25, -0.2) is 0 Å². The molecule has 9 nitrogen and oxygen atoms in total. The lowest BCUT2D eigenvalue weighted by Crippen LogP contribution is -2.25. The van der Waals surface area contributed by atoms with Gasteiger partial charge in [-0.15, -0.1) is 0 Å². The van der Waals surface area contributed by atoms with Gasteiger partial charge in [0, 0.05) is 24.3 Å². The van der Waals surface area contributed by atoms with Crippen molar-refractivity contribution in [3.63, 3.8) is 0 Å². The van der Waals surface area contributed by atoms with Crippen LogP contribution in [0.5, 0.6) is 0 Å². The number of carbonyl (C=O) groups is 1. The number of aryl methyl sites for hydroxylation is 2. The number of nitrogens with one attached hydrogen (secondary N) is 1. The highest BCUT2D eigenvalue weighted by atomic mass is 19.4. The first kappa shape index (κ1) is 22.0. The molecular formula is C19H19F3N6O3. The van der Waals surface area contributed by atoms with E-state index in [0.29, 0.717) is 24.2 Å². The van der Waals surface area contributed by atoms with Gasteiger partial charge < -0.3 is 5.32 Å². The fraction of sp³-hybridized carbons (Fsp3) is 0.316. The molecule has 1 N–H and O–H groups in total. The molecule has 0 atom stereocenters. The van der Waals surface area contributed by atoms with Gasteiger partial charge in [-0.3, -0.25) is 24.3 Å². The molecule has 0 bridgehead atoms. The Morgan fingerprint density at radius 2 is 1.97 bits per heavy atom. The maximum atomic E-state index is 12.7. The highest BCUT2D eigenvalue weighted by Crippen LogP contribution is 2.28. The number of nitro groups is 1. The maximum absolute atomic E-state index is 12.7. The van der Waals surface area contributed by atoms with Gasteiger partial charge in [-0.2, -0.15) is 23.4 Å². The fourth-order valence-electron chi connectivity index (χ4n) is 2.89. The van der Waals surface area contributed by atoms with Crippen LogP contribution in [0.3, 0.4) is 0 Å². The standard InChI is InChI=1S/C19H19F3N6O3/c1-13-9-17(19(20,21)22)25-27(13)8-2-7-23-18(29)15-5-3-14(4-6-15)11-26-12-16(10-24-26)28(30)31/h3-6,9-10,12H,2,7-8,11H2,1H3,(H,23,29). The van der Waals surface area contributed by atoms with Crippen LogP contribution in [-0.2, 0) is 19.3 Å². The van der Waals surface area contributed by atoms with Gasteiger partial charge in [0.25, 0.3) is 5.91 Å². The molecule has 3 rings (SSSR count). The summed E-state index contributed by atoms with van der Waals surface area (Å²) in [6, 6.07) is 7.66. The van der Waals surface area contributed by atoms with Crippen molar-refractivity contribution in [2.45, 2.75) is 32.6 Å². The molecule has 164 valence electrons. The van der Waals surface area contributed by atoms with E-state index in [1.807, 2.05) is 0 Å². The first-order chi connectivity index (χ1) is 14.6. The Labute approximate surface area is 174 Å². The first-order valence-electron chi connectivity index (χ1n) is 9.29. The van der Waals surface area contributed by atoms with Crippen LogP contribution in [0.2, 0.25) is 0 Å². The quantitative estimate of drug-likeness (QED) is 0.332. The second-order valence-corrected chi connectivity index (χ2v) is 6.85. The minimum atomic E-state index is -4.48. The van der Waals surface area contributed by atoms with Crippen molar-refractivity contribution in [1.82, 2.24) is 24.9 Å². The molecule has 1 aromatic carbocycles. The molecule has 0 fully saturated rings. The number of aromatic nitrogens is 4. The van der Waals surface area contributed by atoms with Gasteiger partial charge in [0.2, 0.25) is 0 Å². The van der Waals surface area contributed by atoms with E-state index in [4.69, 9.17) is 0 Å². The van der Waals surface area contributed by atoms with Crippen LogP contribution in [-0.4, -0.2) is 36.9 Å². The van der Waals surface area contributed by atoms with Crippen molar-refractivity contribution in [1.29, 1.82) is 0 Å². The molecule has 3 aromatic rings. The van der Waals surface area contributed by atoms with Crippen molar-refractivity contribution in [3.8, 4) is 0 Å². The molecule has 12 heteroatoms. The van der Waals surface area contributed by atoms with Crippen LogP contribution >= 0.6 is 0 Å². The molecule has 0 aliphatic rings. The summed E-state index contributed by atoms with van der Waals surface area (Å²) in [5.74, 6) is -0.311. The summed E-state index contributed by atoms with van der Waals surface area (Å²) in [6.45, 7) is 2.39. The number of amides is 1. The Hall–Kier alpha value is -3.70. The van der Waals surface area contributed by atoms with Crippen molar-refractivity contribution >= 4 is 11.6 Å². The summed E-state index contributed by atoms with van der Waals surface area (Å²) >= 11 is 0. The summed E-state index contributed by atoms with van der Waals surface area (Å²) in [7, 11) is 0. The third kappa shape index (κ3) is 5.68. The number of carbonyl (C=O) groups excluding carboxylic acids is 1. The van der Waals surface area contributed by atoms with Gasteiger partial charge in [-0.05, 0) is 37.1 Å². The largest absolute Gasteiger partial charge is 0.435 e. The molecular weight excluding hydrogens is 417 g/mol. The van der Waals surface area contributed by atoms with Crippen molar-refractivity contribution in [3.05, 3.63) is 75.4 Å². The number of benzene rings is 1. The van der Waals surface area contributed by atoms with E-state index in [-0.39, 0.29) is 24.7 Å². The van der Waals surface area contributed by atoms with E-state index in [9.17, 15) is 28.1 Å². The monoisotopic (exact) mass is 436 g/mol. The predicted molar refractivity (Wildman–Crippen MR) is 103 cm³/mol. The van der Waals surface area contributed by atoms with E-state index in [1.54, 1.807) is 31.2 Å². The number of halogens is 3. The Bertz CT molecular complexity index is 1070. The van der Waals surface area contributed by atoms with Gasteiger partial charge in [0.05, 0.1) is 11.5 Å². The molecule has 0 saturated heterocycles. The summed E-state index contributed by atoms with van der Waals surface area (Å²) in [5.41, 5.74) is 0.598. The van der Waals surface area contributed by atoms with Gasteiger partial charge in [-0.1, -0.05) is 12.1 Å². The zero-order valence-corrected chi connectivity index (χ0v) is 16.5. The number of rotatable bonds is 8. The second kappa shape index (κ2) is 8.98. The minimum absolute atomic E-state index is 0.101. The van der Waals surface area contributed by atoms with Gasteiger partial charge in [0.1, 0.15) is 12.4 Å². The highest BCUT2D eigenvalue weighted by Gasteiger charge is 2.34. The smallest absolute Gasteiger partial charge is 0.352 e. The lowest BCUT2D eigenvalue weighted by atomic mass is 10.1. The molecule has 0 aliphatic heterocycles. The second-order valence-electron chi connectivity index (χ2n) is 6.85. The zero-order valence-electron chi connectivity index (χ0n) is 16.5. The molecule has 0 saturated carbocycles. The van der Waals surface area contributed by atoms with Crippen molar-refractivity contribution in [2.24, 2.45) is 0 Å². The number of hydrogen-bond donors (Lipinski definition) is 1. The normalized spacial score (nSPS) is 11.5. The van der Waals surface area contributed by atoms with E-state index >= 15 is 0 Å². The highest BCUT2D eigenvalue weighted by molar-refractivity contribution is 5.94. The van der Waals surface area contributed by atoms with E-state index in [2.05, 4.69) is 15.5 Å². The van der Waals surface area contributed by atoms with E-state index < -0.39 is 16.8 Å². The minimum Gasteiger partial charge on any atom is -0.352 e. The van der Waals surface area contributed by atoms with Crippen LogP contribution in [0, 0.1) is 17.0 Å². The Morgan fingerprint density at radius 3 is 2.55 bits per heavy atom. The zero-order chi connectivity index (χ0) is 22.6. The summed E-state index contributed by atoms with van der Waals surface area (Å²) < 4.78 is 40.7. The lowest BCUT2D eigenvalue weighted by molar-refractivity contribution is -0.385. The average molecular weight is 436 g/mol. The molecule has 2 heterocycles. The average Bonchev–Trinajstić information content (AvgIpc) is 3.32. The van der Waals surface area contributed by atoms with Crippen LogP contribution < -0.4 is 5.32 Å². The molecule has 2 aromatic heterocycles. The Kier molecular flexibility index (Phi) is 6.37. The SMILES string of the molecule is Cc1cc(C(F)(F)F)nn1CCCNC(=O)c1ccc(Cn2cc([N+](=O)[O-])cn2)cc1. The summed E-state index contributed by atoms with van der Waals surface area (Å²) in [5, 5.41) is 20.9. The maximum Gasteiger partial charge on any atom is 0.435 e. The van der Waals surface area contributed by atoms with Gasteiger partial charge in [0.15, 0.2) is 5.69 Å². The third-order valence-electron chi connectivity index (χ3n) is 4.50. The van der Waals surface area contributed by atoms with Crippen LogP contribution in [0.25, 0.3) is 0 Å². The Morgan fingerprint density at radius 1 is 1.26 bits per heavy atom. The van der Waals surface area contributed by atoms with Gasteiger partial charge >= 0.3 is 11.9 Å². The molecule has 0 radical (unpaired) electrons. The van der Waals surface area contributed by atoms with Crippen LogP contribution in [0.1, 0.15) is 33.7 Å². The number of nitrogens with zero attached hydrogens (tertiary/aromatic N) is 5. The Balaban J connectivity index is 1.47. The topological polar surface area (TPSA) is 108 Å². The first-order valence-corrected chi connectivity index (χ1v) is 9.29. The lowest BCUT2D eigenvalue weighted by Gasteiger charge is -2.08. The third-order valence-corrected chi connectivity index (χ3v) is 4.50. The van der Waals surface area contributed by atoms with Crippen molar-refractivity contribution < 1.29 is 22.9 Å². The van der Waals surface area contributed by atoms with Crippen molar-refractivity contribution in [2.75, 3.05) is 6.54 Å². The molecule has 0 spiro atoms. The predicted octanol–water partition coefficient (Wildman–Crippen LogP) is 3.18. The van der Waals surface area contributed by atoms with Crippen LogP contribution in [0.4, 0.5) is 18.9 Å². The number of alkyl halides is 3.